The van der Waals surface area contributed by atoms with Crippen molar-refractivity contribution in [3.63, 3.8) is 0 Å². The Morgan fingerprint density at radius 2 is 1.81 bits per heavy atom. The highest BCUT2D eigenvalue weighted by molar-refractivity contribution is 5.30. The second-order valence-electron chi connectivity index (χ2n) is 5.23. The fourth-order valence-corrected chi connectivity index (χ4v) is 2.46. The quantitative estimate of drug-likeness (QED) is 0.796. The summed E-state index contributed by atoms with van der Waals surface area (Å²) in [5, 5.41) is 4.13. The zero-order valence-electron chi connectivity index (χ0n) is 12.4. The Morgan fingerprint density at radius 3 is 2.43 bits per heavy atom. The highest BCUT2D eigenvalue weighted by atomic mass is 15.3. The second-order valence-corrected chi connectivity index (χ2v) is 5.23. The molecule has 2 aromatic heterocycles. The van der Waals surface area contributed by atoms with E-state index >= 15 is 0 Å². The van der Waals surface area contributed by atoms with Gasteiger partial charge in [0.15, 0.2) is 0 Å². The molecule has 1 aliphatic rings. The Kier molecular flexibility index (Phi) is 4.40. The number of piperazine rings is 1. The van der Waals surface area contributed by atoms with Crippen LogP contribution in [0.3, 0.4) is 0 Å². The van der Waals surface area contributed by atoms with Gasteiger partial charge in [0.05, 0.1) is 6.54 Å². The third-order valence-electron chi connectivity index (χ3n) is 3.87. The Morgan fingerprint density at radius 1 is 1.05 bits per heavy atom. The van der Waals surface area contributed by atoms with E-state index in [2.05, 4.69) is 36.8 Å². The van der Waals surface area contributed by atoms with Crippen LogP contribution in [0, 0.1) is 0 Å². The van der Waals surface area contributed by atoms with Crippen molar-refractivity contribution in [2.45, 2.75) is 19.9 Å². The number of hydrogen-bond acceptors (Lipinski definition) is 6. The average molecular weight is 287 g/mol. The van der Waals surface area contributed by atoms with Crippen LogP contribution in [0.15, 0.2) is 25.0 Å². The molecule has 0 unspecified atom stereocenters. The van der Waals surface area contributed by atoms with Crippen molar-refractivity contribution < 1.29 is 0 Å². The molecule has 112 valence electrons. The highest BCUT2D eigenvalue weighted by Gasteiger charge is 2.18. The van der Waals surface area contributed by atoms with E-state index in [9.17, 15) is 0 Å². The van der Waals surface area contributed by atoms with E-state index in [0.29, 0.717) is 0 Å². The van der Waals surface area contributed by atoms with Gasteiger partial charge in [0.1, 0.15) is 12.7 Å². The molecule has 3 heterocycles. The van der Waals surface area contributed by atoms with Gasteiger partial charge in [-0.25, -0.2) is 15.0 Å². The third-order valence-corrected chi connectivity index (χ3v) is 3.87. The second kappa shape index (κ2) is 6.62. The van der Waals surface area contributed by atoms with Gasteiger partial charge in [0.2, 0.25) is 5.95 Å². The first-order chi connectivity index (χ1) is 10.3. The summed E-state index contributed by atoms with van der Waals surface area (Å²) in [4.78, 5) is 17.6. The number of nitrogens with zero attached hydrogens (tertiary/aromatic N) is 7. The van der Waals surface area contributed by atoms with Gasteiger partial charge in [-0.05, 0) is 12.0 Å². The smallest absolute Gasteiger partial charge is 0.225 e. The third kappa shape index (κ3) is 3.55. The number of aryl methyl sites for hydroxylation is 1. The maximum absolute atomic E-state index is 4.46. The summed E-state index contributed by atoms with van der Waals surface area (Å²) in [6.45, 7) is 8.04. The van der Waals surface area contributed by atoms with Crippen molar-refractivity contribution in [3.05, 3.63) is 30.6 Å². The van der Waals surface area contributed by atoms with E-state index in [4.69, 9.17) is 0 Å². The van der Waals surface area contributed by atoms with Crippen LogP contribution in [0.1, 0.15) is 12.5 Å². The molecule has 0 saturated carbocycles. The van der Waals surface area contributed by atoms with Crippen molar-refractivity contribution >= 4 is 5.95 Å². The Balaban J connectivity index is 1.47. The minimum atomic E-state index is 0.850. The summed E-state index contributed by atoms with van der Waals surface area (Å²) < 4.78 is 1.87. The summed E-state index contributed by atoms with van der Waals surface area (Å²) in [6.07, 6.45) is 8.18. The van der Waals surface area contributed by atoms with Crippen molar-refractivity contribution in [2.75, 3.05) is 37.6 Å². The molecule has 3 rings (SSSR count). The van der Waals surface area contributed by atoms with E-state index in [0.717, 1.165) is 51.6 Å². The molecule has 2 aromatic rings. The summed E-state index contributed by atoms with van der Waals surface area (Å²) in [5.41, 5.74) is 1.19. The molecule has 0 bridgehead atoms. The monoisotopic (exact) mass is 287 g/mol. The maximum atomic E-state index is 4.46. The molecule has 7 nitrogen and oxygen atoms in total. The van der Waals surface area contributed by atoms with Gasteiger partial charge in [-0.1, -0.05) is 6.92 Å². The average Bonchev–Trinajstić information content (AvgIpc) is 3.07. The van der Waals surface area contributed by atoms with Crippen molar-refractivity contribution in [3.8, 4) is 0 Å². The Bertz CT molecular complexity index is 529. The summed E-state index contributed by atoms with van der Waals surface area (Å²) in [7, 11) is 0. The highest BCUT2D eigenvalue weighted by Crippen LogP contribution is 2.11. The molecule has 1 aliphatic heterocycles. The fraction of sp³-hybridized carbons (Fsp3) is 0.571. The lowest BCUT2D eigenvalue weighted by Gasteiger charge is -2.34. The molecule has 7 heteroatoms. The van der Waals surface area contributed by atoms with E-state index in [1.54, 1.807) is 12.7 Å². The van der Waals surface area contributed by atoms with Crippen LogP contribution in [0.2, 0.25) is 0 Å². The predicted octanol–water partition coefficient (Wildman–Crippen LogP) is 0.453. The van der Waals surface area contributed by atoms with Crippen LogP contribution in [-0.4, -0.2) is 62.4 Å². The minimum Gasteiger partial charge on any atom is -0.338 e. The van der Waals surface area contributed by atoms with Gasteiger partial charge >= 0.3 is 0 Å². The van der Waals surface area contributed by atoms with Crippen LogP contribution >= 0.6 is 0 Å². The van der Waals surface area contributed by atoms with Crippen molar-refractivity contribution in [1.29, 1.82) is 0 Å². The van der Waals surface area contributed by atoms with Crippen LogP contribution in [-0.2, 0) is 13.0 Å². The van der Waals surface area contributed by atoms with Gasteiger partial charge in [0.25, 0.3) is 0 Å². The molecule has 21 heavy (non-hydrogen) atoms. The van der Waals surface area contributed by atoms with Crippen LogP contribution in [0.4, 0.5) is 5.95 Å². The van der Waals surface area contributed by atoms with E-state index < -0.39 is 0 Å². The zero-order valence-corrected chi connectivity index (χ0v) is 12.4. The molecule has 0 aliphatic carbocycles. The molecule has 0 radical (unpaired) electrons. The topological polar surface area (TPSA) is 63.0 Å². The van der Waals surface area contributed by atoms with E-state index in [1.165, 1.54) is 5.56 Å². The first-order valence-electron chi connectivity index (χ1n) is 7.46. The first kappa shape index (κ1) is 13.9. The van der Waals surface area contributed by atoms with Crippen molar-refractivity contribution in [1.82, 2.24) is 29.6 Å². The lowest BCUT2D eigenvalue weighted by Crippen LogP contribution is -2.47. The molecular weight excluding hydrogens is 266 g/mol. The molecule has 0 N–H and O–H groups in total. The molecule has 1 saturated heterocycles. The lowest BCUT2D eigenvalue weighted by molar-refractivity contribution is 0.243. The fourth-order valence-electron chi connectivity index (χ4n) is 2.46. The van der Waals surface area contributed by atoms with Gasteiger partial charge in [-0.3, -0.25) is 9.58 Å². The Labute approximate surface area is 124 Å². The van der Waals surface area contributed by atoms with Crippen LogP contribution in [0.25, 0.3) is 0 Å². The number of anilines is 1. The Hall–Kier alpha value is -2.02. The normalized spacial score (nSPS) is 16.3. The SMILES string of the molecule is CCc1cnc(N2CCN(CCn3cncn3)CC2)nc1. The molecule has 0 amide bonds. The van der Waals surface area contributed by atoms with Crippen molar-refractivity contribution in [2.24, 2.45) is 0 Å². The largest absolute Gasteiger partial charge is 0.338 e. The minimum absolute atomic E-state index is 0.850. The van der Waals surface area contributed by atoms with E-state index in [1.807, 2.05) is 17.1 Å². The number of rotatable bonds is 5. The van der Waals surface area contributed by atoms with Gasteiger partial charge in [-0.15, -0.1) is 0 Å². The molecule has 1 fully saturated rings. The molecular formula is C14H21N7. The number of hydrogen-bond donors (Lipinski definition) is 0. The van der Waals surface area contributed by atoms with Crippen LogP contribution < -0.4 is 4.90 Å². The summed E-state index contributed by atoms with van der Waals surface area (Å²) >= 11 is 0. The molecule has 0 spiro atoms. The first-order valence-corrected chi connectivity index (χ1v) is 7.46. The molecule has 0 atom stereocenters. The van der Waals surface area contributed by atoms with Crippen LogP contribution in [0.5, 0.6) is 0 Å². The van der Waals surface area contributed by atoms with E-state index in [-0.39, 0.29) is 0 Å². The zero-order chi connectivity index (χ0) is 14.5. The van der Waals surface area contributed by atoms with Gasteiger partial charge in [-0.2, -0.15) is 5.10 Å². The van der Waals surface area contributed by atoms with Gasteiger partial charge < -0.3 is 4.90 Å². The lowest BCUT2D eigenvalue weighted by atomic mass is 10.3. The summed E-state index contributed by atoms with van der Waals surface area (Å²) in [5.74, 6) is 0.850. The summed E-state index contributed by atoms with van der Waals surface area (Å²) in [6, 6.07) is 0. The standard InChI is InChI=1S/C14H21N7/c1-2-13-9-16-14(17-10-13)20-6-3-19(4-7-20)5-8-21-12-15-11-18-21/h9-12H,2-8H2,1H3. The maximum Gasteiger partial charge on any atom is 0.225 e. The van der Waals surface area contributed by atoms with Gasteiger partial charge in [0, 0.05) is 45.1 Å². The predicted molar refractivity (Wildman–Crippen MR) is 80.1 cm³/mol. The molecule has 0 aromatic carbocycles. The number of aromatic nitrogens is 5.